The van der Waals surface area contributed by atoms with Gasteiger partial charge < -0.3 is 24.3 Å². The molecule has 0 aliphatic carbocycles. The van der Waals surface area contributed by atoms with Crippen molar-refractivity contribution in [1.29, 1.82) is 0 Å². The van der Waals surface area contributed by atoms with Crippen LogP contribution in [0.15, 0.2) is 66.7 Å². The number of β-amino-alcohol motifs (C(OH)–C–C–N with tert-alkyl or cyclic N) is 1. The van der Waals surface area contributed by atoms with Crippen LogP contribution in [0, 0.1) is 0 Å². The molecule has 0 saturated carbocycles. The number of rotatable bonds is 7. The number of benzene rings is 3. The lowest BCUT2D eigenvalue weighted by molar-refractivity contribution is 0.00465. The van der Waals surface area contributed by atoms with Crippen molar-refractivity contribution in [3.05, 3.63) is 93.6 Å². The molecule has 1 saturated heterocycles. The number of aliphatic hydroxyl groups is 1. The lowest BCUT2D eigenvalue weighted by atomic mass is 9.92. The summed E-state index contributed by atoms with van der Waals surface area (Å²) in [6, 6.07) is 19.7. The SMILES string of the molecule is O=C(Oc1ccc(Cl)cc1)N1CCc2c([nH]c3ccc(Cl)cc23)[C@@H]1c1ccc(OC[C@H](O)CN2CCOCC2)cc1. The maximum Gasteiger partial charge on any atom is 0.416 e. The molecule has 2 aliphatic heterocycles. The van der Waals surface area contributed by atoms with E-state index in [2.05, 4.69) is 9.88 Å². The molecule has 41 heavy (non-hydrogen) atoms. The fourth-order valence-corrected chi connectivity index (χ4v) is 5.84. The van der Waals surface area contributed by atoms with Crippen LogP contribution in [0.4, 0.5) is 4.79 Å². The summed E-state index contributed by atoms with van der Waals surface area (Å²) in [5, 5.41) is 12.8. The molecule has 0 radical (unpaired) electrons. The monoisotopic (exact) mass is 595 g/mol. The average Bonchev–Trinajstić information content (AvgIpc) is 3.35. The van der Waals surface area contributed by atoms with Gasteiger partial charge in [-0.1, -0.05) is 35.3 Å². The lowest BCUT2D eigenvalue weighted by Gasteiger charge is -2.35. The normalized spacial score (nSPS) is 18.2. The molecule has 2 aliphatic rings. The van der Waals surface area contributed by atoms with Crippen molar-refractivity contribution in [3.8, 4) is 11.5 Å². The van der Waals surface area contributed by atoms with Crippen LogP contribution >= 0.6 is 23.2 Å². The number of nitrogens with zero attached hydrogens (tertiary/aromatic N) is 2. The van der Waals surface area contributed by atoms with Gasteiger partial charge in [0, 0.05) is 52.8 Å². The van der Waals surface area contributed by atoms with Crippen LogP contribution in [-0.4, -0.2) is 78.1 Å². The van der Waals surface area contributed by atoms with Crippen molar-refractivity contribution < 1.29 is 24.1 Å². The highest BCUT2D eigenvalue weighted by Gasteiger charge is 2.36. The quantitative estimate of drug-likeness (QED) is 0.285. The molecule has 6 rings (SSSR count). The predicted molar refractivity (Wildman–Crippen MR) is 158 cm³/mol. The second kappa shape index (κ2) is 12.3. The molecule has 1 aromatic heterocycles. The highest BCUT2D eigenvalue weighted by molar-refractivity contribution is 6.31. The maximum absolute atomic E-state index is 13.5. The first-order chi connectivity index (χ1) is 19.9. The van der Waals surface area contributed by atoms with E-state index in [0.29, 0.717) is 54.3 Å². The Labute approximate surface area is 248 Å². The summed E-state index contributed by atoms with van der Waals surface area (Å²) in [5.74, 6) is 1.07. The highest BCUT2D eigenvalue weighted by atomic mass is 35.5. The van der Waals surface area contributed by atoms with Gasteiger partial charge in [0.15, 0.2) is 0 Å². The van der Waals surface area contributed by atoms with Gasteiger partial charge in [0.05, 0.1) is 13.2 Å². The number of fused-ring (bicyclic) bond motifs is 3. The fourth-order valence-electron chi connectivity index (χ4n) is 5.54. The number of H-pyrrole nitrogens is 1. The zero-order chi connectivity index (χ0) is 28.3. The van der Waals surface area contributed by atoms with E-state index in [1.807, 2.05) is 42.5 Å². The molecule has 3 aromatic carbocycles. The number of carbonyl (C=O) groups is 1. The van der Waals surface area contributed by atoms with Gasteiger partial charge in [0.2, 0.25) is 0 Å². The van der Waals surface area contributed by atoms with Gasteiger partial charge in [-0.15, -0.1) is 0 Å². The number of morpholine rings is 1. The Morgan fingerprint density at radius 2 is 1.68 bits per heavy atom. The van der Waals surface area contributed by atoms with E-state index in [4.69, 9.17) is 37.4 Å². The molecule has 3 heterocycles. The van der Waals surface area contributed by atoms with Gasteiger partial charge in [-0.3, -0.25) is 9.80 Å². The Hall–Kier alpha value is -3.27. The Morgan fingerprint density at radius 3 is 2.44 bits per heavy atom. The van der Waals surface area contributed by atoms with Gasteiger partial charge in [0.1, 0.15) is 30.3 Å². The molecule has 0 unspecified atom stereocenters. The van der Waals surface area contributed by atoms with Crippen molar-refractivity contribution >= 4 is 40.2 Å². The number of carbonyl (C=O) groups excluding carboxylic acids is 1. The topological polar surface area (TPSA) is 87.3 Å². The third kappa shape index (κ3) is 6.32. The molecule has 1 fully saturated rings. The van der Waals surface area contributed by atoms with Gasteiger partial charge in [-0.05, 0) is 72.1 Å². The highest BCUT2D eigenvalue weighted by Crippen LogP contribution is 2.40. The van der Waals surface area contributed by atoms with Crippen molar-refractivity contribution in [2.75, 3.05) is 46.0 Å². The third-order valence-electron chi connectivity index (χ3n) is 7.55. The van der Waals surface area contributed by atoms with Gasteiger partial charge in [0.25, 0.3) is 0 Å². The van der Waals surface area contributed by atoms with E-state index in [1.165, 1.54) is 0 Å². The van der Waals surface area contributed by atoms with Gasteiger partial charge >= 0.3 is 6.09 Å². The van der Waals surface area contributed by atoms with Crippen LogP contribution in [0.5, 0.6) is 11.5 Å². The number of aromatic amines is 1. The molecule has 214 valence electrons. The Balaban J connectivity index is 1.23. The zero-order valence-corrected chi connectivity index (χ0v) is 23.9. The van der Waals surface area contributed by atoms with Crippen LogP contribution in [0.2, 0.25) is 10.0 Å². The first-order valence-electron chi connectivity index (χ1n) is 13.7. The molecular weight excluding hydrogens is 565 g/mol. The van der Waals surface area contributed by atoms with E-state index in [-0.39, 0.29) is 6.61 Å². The lowest BCUT2D eigenvalue weighted by Crippen LogP contribution is -2.42. The molecule has 4 aromatic rings. The summed E-state index contributed by atoms with van der Waals surface area (Å²) >= 11 is 12.3. The van der Waals surface area contributed by atoms with Gasteiger partial charge in [-0.2, -0.15) is 0 Å². The van der Waals surface area contributed by atoms with Crippen molar-refractivity contribution in [1.82, 2.24) is 14.8 Å². The molecule has 10 heteroatoms. The van der Waals surface area contributed by atoms with Crippen molar-refractivity contribution in [3.63, 3.8) is 0 Å². The number of ether oxygens (including phenoxy) is 3. The van der Waals surface area contributed by atoms with E-state index < -0.39 is 18.2 Å². The average molecular weight is 597 g/mol. The Bertz CT molecular complexity index is 1500. The van der Waals surface area contributed by atoms with E-state index in [9.17, 15) is 9.90 Å². The number of aromatic nitrogens is 1. The van der Waals surface area contributed by atoms with E-state index in [0.717, 1.165) is 40.8 Å². The maximum atomic E-state index is 13.5. The van der Waals surface area contributed by atoms with Crippen LogP contribution in [0.1, 0.15) is 22.9 Å². The zero-order valence-electron chi connectivity index (χ0n) is 22.4. The number of halogens is 2. The summed E-state index contributed by atoms with van der Waals surface area (Å²) in [7, 11) is 0. The standard InChI is InChI=1S/C31H31Cl2N3O5/c32-21-3-8-25(9-4-21)41-31(38)36-12-11-26-27-17-22(33)5-10-28(27)34-29(26)30(36)20-1-6-24(7-2-20)40-19-23(37)18-35-13-15-39-16-14-35/h1-10,17,23,30,34,37H,11-16,18-19H2/t23-,30+/m1/s1. The second-order valence-corrected chi connectivity index (χ2v) is 11.2. The number of aliphatic hydroxyl groups excluding tert-OH is 1. The van der Waals surface area contributed by atoms with E-state index >= 15 is 0 Å². The molecule has 0 spiro atoms. The molecule has 2 atom stereocenters. The van der Waals surface area contributed by atoms with Crippen LogP contribution in [0.3, 0.4) is 0 Å². The Morgan fingerprint density at radius 1 is 0.976 bits per heavy atom. The minimum Gasteiger partial charge on any atom is -0.491 e. The molecule has 1 amide bonds. The second-order valence-electron chi connectivity index (χ2n) is 10.3. The summed E-state index contributed by atoms with van der Waals surface area (Å²) in [6.45, 7) is 4.19. The number of amides is 1. The summed E-state index contributed by atoms with van der Waals surface area (Å²) in [6.07, 6.45) is -0.402. The Kier molecular flexibility index (Phi) is 8.37. The summed E-state index contributed by atoms with van der Waals surface area (Å²) in [4.78, 5) is 20.9. The summed E-state index contributed by atoms with van der Waals surface area (Å²) in [5.41, 5.74) is 3.93. The minimum atomic E-state index is -0.606. The third-order valence-corrected chi connectivity index (χ3v) is 8.04. The fraction of sp³-hybridized carbons (Fsp3) is 0.323. The first kappa shape index (κ1) is 27.9. The van der Waals surface area contributed by atoms with Gasteiger partial charge in [-0.25, -0.2) is 4.79 Å². The van der Waals surface area contributed by atoms with Crippen LogP contribution < -0.4 is 9.47 Å². The smallest absolute Gasteiger partial charge is 0.416 e. The minimum absolute atomic E-state index is 0.187. The molecular formula is C31H31Cl2N3O5. The van der Waals surface area contributed by atoms with Crippen molar-refractivity contribution in [2.24, 2.45) is 0 Å². The first-order valence-corrected chi connectivity index (χ1v) is 14.4. The number of hydrogen-bond acceptors (Lipinski definition) is 6. The number of nitrogens with one attached hydrogen (secondary N) is 1. The van der Waals surface area contributed by atoms with E-state index in [1.54, 1.807) is 29.2 Å². The molecule has 0 bridgehead atoms. The summed E-state index contributed by atoms with van der Waals surface area (Å²) < 4.78 is 17.0. The number of hydrogen-bond donors (Lipinski definition) is 2. The van der Waals surface area contributed by atoms with Crippen LogP contribution in [0.25, 0.3) is 10.9 Å². The van der Waals surface area contributed by atoms with Crippen LogP contribution in [-0.2, 0) is 11.2 Å². The van der Waals surface area contributed by atoms with Crippen molar-refractivity contribution in [2.45, 2.75) is 18.6 Å². The molecule has 8 nitrogen and oxygen atoms in total. The largest absolute Gasteiger partial charge is 0.491 e. The molecule has 2 N–H and O–H groups in total. The predicted octanol–water partition coefficient (Wildman–Crippen LogP) is 5.69.